The first-order chi connectivity index (χ1) is 19.0. The van der Waals surface area contributed by atoms with Crippen LogP contribution in [0.15, 0.2) is 30.5 Å². The fourth-order valence-corrected chi connectivity index (χ4v) is 5.43. The van der Waals surface area contributed by atoms with Gasteiger partial charge in [-0.05, 0) is 18.1 Å². The van der Waals surface area contributed by atoms with Crippen molar-refractivity contribution in [2.45, 2.75) is 18.4 Å². The van der Waals surface area contributed by atoms with E-state index in [2.05, 4.69) is 22.2 Å². The Morgan fingerprint density at radius 3 is 2.77 bits per heavy atom. The van der Waals surface area contributed by atoms with Crippen LogP contribution in [0.25, 0.3) is 0 Å². The van der Waals surface area contributed by atoms with Gasteiger partial charge in [-0.2, -0.15) is 0 Å². The summed E-state index contributed by atoms with van der Waals surface area (Å²) in [6.45, 7) is 2.78. The highest BCUT2D eigenvalue weighted by Crippen LogP contribution is 2.35. The molecule has 5 N–H and O–H groups in total. The van der Waals surface area contributed by atoms with Gasteiger partial charge >= 0.3 is 30.9 Å². The number of aromatic carboxylic acids is 1. The zero-order valence-corrected chi connectivity index (χ0v) is 22.8. The van der Waals surface area contributed by atoms with Gasteiger partial charge < -0.3 is 35.7 Å². The Morgan fingerprint density at radius 1 is 1.40 bits per heavy atom. The molecule has 0 spiro atoms. The summed E-state index contributed by atoms with van der Waals surface area (Å²) >= 11 is 7.31. The first-order valence-corrected chi connectivity index (χ1v) is 13.1. The number of piperazine rings is 1. The van der Waals surface area contributed by atoms with Crippen molar-refractivity contribution in [2.75, 3.05) is 39.2 Å². The lowest BCUT2D eigenvalue weighted by Gasteiger charge is -2.35. The zero-order chi connectivity index (χ0) is 29.1. The molecule has 2 aliphatic heterocycles. The summed E-state index contributed by atoms with van der Waals surface area (Å²) in [7, 11) is 0.443. The molecule has 0 radical (unpaired) electrons. The molecule has 1 aromatic heterocycles. The highest BCUT2D eigenvalue weighted by molar-refractivity contribution is 7.19. The van der Waals surface area contributed by atoms with E-state index < -0.39 is 49.6 Å². The van der Waals surface area contributed by atoms with Gasteiger partial charge in [0.2, 0.25) is 0 Å². The molecule has 2 aliphatic rings. The fraction of sp³-hybridized carbons (Fsp3) is 0.348. The smallest absolute Gasteiger partial charge is 0.534 e. The van der Waals surface area contributed by atoms with Crippen molar-refractivity contribution in [3.63, 3.8) is 0 Å². The number of nitrogens with two attached hydrogens (primary N) is 1. The number of para-hydroxylation sites is 1. The van der Waals surface area contributed by atoms with Gasteiger partial charge in [0.05, 0.1) is 11.5 Å². The number of rotatable bonds is 9. The van der Waals surface area contributed by atoms with E-state index in [4.69, 9.17) is 26.6 Å². The lowest BCUT2D eigenvalue weighted by molar-refractivity contribution is -0.153. The van der Waals surface area contributed by atoms with Gasteiger partial charge in [0.15, 0.2) is 5.13 Å². The second-order valence-corrected chi connectivity index (χ2v) is 10.5. The Kier molecular flexibility index (Phi) is 8.81. The normalized spacial score (nSPS) is 17.7. The molecule has 40 heavy (non-hydrogen) atoms. The molecule has 0 aliphatic carbocycles. The molecule has 3 heterocycles. The van der Waals surface area contributed by atoms with Crippen molar-refractivity contribution in [3.8, 4) is 5.75 Å². The molecule has 1 saturated heterocycles. The first-order valence-electron chi connectivity index (χ1n) is 11.9. The van der Waals surface area contributed by atoms with Crippen LogP contribution >= 0.6 is 22.9 Å². The Labute approximate surface area is 237 Å². The summed E-state index contributed by atoms with van der Waals surface area (Å²) in [5.74, 6) is -3.68. The molecule has 0 bridgehead atoms. The molecule has 2 atom stereocenters. The molecular formula is C23H25BClFN6O7S. The third-order valence-corrected chi connectivity index (χ3v) is 7.47. The van der Waals surface area contributed by atoms with Crippen molar-refractivity contribution in [2.24, 2.45) is 0 Å². The Hall–Kier alpha value is -3.89. The number of nitrogens with zero attached hydrogens (tertiary/aromatic N) is 3. The van der Waals surface area contributed by atoms with Crippen LogP contribution in [-0.4, -0.2) is 90.2 Å². The molecule has 13 nitrogen and oxygen atoms in total. The van der Waals surface area contributed by atoms with Crippen molar-refractivity contribution < 1.29 is 38.0 Å². The third kappa shape index (κ3) is 5.83. The number of aromatic nitrogens is 1. The number of amides is 4. The number of anilines is 1. The average Bonchev–Trinajstić information content (AvgIpc) is 3.26. The number of carboxylic acid groups (broad SMARTS) is 1. The van der Waals surface area contributed by atoms with Crippen LogP contribution in [0.4, 0.5) is 14.3 Å². The number of hydrogen-bond acceptors (Lipinski definition) is 10. The molecular weight excluding hydrogens is 570 g/mol. The molecule has 212 valence electrons. The summed E-state index contributed by atoms with van der Waals surface area (Å²) in [5.41, 5.74) is 6.72. The van der Waals surface area contributed by atoms with Crippen LogP contribution < -0.4 is 21.0 Å². The van der Waals surface area contributed by atoms with Gasteiger partial charge in [0.1, 0.15) is 28.5 Å². The van der Waals surface area contributed by atoms with Crippen LogP contribution in [0.3, 0.4) is 0 Å². The van der Waals surface area contributed by atoms with Crippen molar-refractivity contribution in [1.29, 1.82) is 0 Å². The first kappa shape index (κ1) is 29.1. The number of fused-ring (bicyclic) bond motifs is 1. The Balaban J connectivity index is 1.57. The summed E-state index contributed by atoms with van der Waals surface area (Å²) in [5, 5.41) is 15.4. The zero-order valence-electron chi connectivity index (χ0n) is 21.2. The monoisotopic (exact) mass is 594 g/mol. The second-order valence-electron chi connectivity index (χ2n) is 8.83. The van der Waals surface area contributed by atoms with Crippen molar-refractivity contribution in [3.05, 3.63) is 51.6 Å². The summed E-state index contributed by atoms with van der Waals surface area (Å²) in [4.78, 5) is 55.7. The maximum absolute atomic E-state index is 13.2. The van der Waals surface area contributed by atoms with Gasteiger partial charge in [-0.1, -0.05) is 41.6 Å². The molecule has 1 aromatic carbocycles. The van der Waals surface area contributed by atoms with Crippen LogP contribution in [0.2, 0.25) is 4.34 Å². The summed E-state index contributed by atoms with van der Waals surface area (Å²) in [6.07, 6.45) is 0.269. The number of thiazole rings is 1. The Bertz CT molecular complexity index is 1360. The predicted octanol–water partition coefficient (Wildman–Crippen LogP) is 1.25. The van der Waals surface area contributed by atoms with Gasteiger partial charge in [0, 0.05) is 32.4 Å². The number of carbonyl (C=O) groups is 4. The maximum Gasteiger partial charge on any atom is 0.549 e. The van der Waals surface area contributed by atoms with Gasteiger partial charge in [0.25, 0.3) is 0 Å². The number of nitrogens with one attached hydrogen (secondary N) is 2. The molecule has 2 aromatic rings. The molecule has 1 fully saturated rings. The van der Waals surface area contributed by atoms with E-state index in [0.717, 1.165) is 16.2 Å². The van der Waals surface area contributed by atoms with Crippen molar-refractivity contribution >= 4 is 59.0 Å². The maximum atomic E-state index is 13.2. The van der Waals surface area contributed by atoms with Gasteiger partial charge in [-0.15, -0.1) is 0 Å². The topological polar surface area (TPSA) is 176 Å². The molecule has 17 heteroatoms. The van der Waals surface area contributed by atoms with E-state index in [0.29, 0.717) is 10.5 Å². The van der Waals surface area contributed by atoms with Gasteiger partial charge in [-0.3, -0.25) is 14.5 Å². The number of hydrogen-bond donors (Lipinski definition) is 4. The SMILES string of the molecule is C=C(NC1Cc2cccc(C(=O)O)c2OB1OC)C(NC(=O)N1CCN(CCF)C(=O)C1=O)c1nc(N)sc1Cl. The van der Waals surface area contributed by atoms with Crippen LogP contribution in [0, 0.1) is 0 Å². The predicted molar refractivity (Wildman–Crippen MR) is 144 cm³/mol. The number of alkyl halides is 1. The minimum atomic E-state index is -1.15. The largest absolute Gasteiger partial charge is 0.549 e. The summed E-state index contributed by atoms with van der Waals surface area (Å²) < 4.78 is 24.2. The lowest BCUT2D eigenvalue weighted by atomic mass is 9.71. The minimum Gasteiger partial charge on any atom is -0.534 e. The number of nitrogen functional groups attached to an aromatic ring is 1. The van der Waals surface area contributed by atoms with Crippen LogP contribution in [-0.2, 0) is 20.7 Å². The van der Waals surface area contributed by atoms with E-state index in [-0.39, 0.29) is 58.2 Å². The molecule has 4 rings (SSSR count). The van der Waals surface area contributed by atoms with E-state index in [9.17, 15) is 28.7 Å². The summed E-state index contributed by atoms with van der Waals surface area (Å²) in [6, 6.07) is 2.69. The van der Waals surface area contributed by atoms with E-state index in [1.54, 1.807) is 12.1 Å². The van der Waals surface area contributed by atoms with Gasteiger partial charge in [-0.25, -0.2) is 19.0 Å². The third-order valence-electron chi connectivity index (χ3n) is 6.36. The molecule has 0 saturated carbocycles. The quantitative estimate of drug-likeness (QED) is 0.244. The number of imide groups is 1. The number of urea groups is 1. The number of carbonyl (C=O) groups excluding carboxylic acids is 3. The van der Waals surface area contributed by atoms with Crippen molar-refractivity contribution in [1.82, 2.24) is 25.4 Å². The minimum absolute atomic E-state index is 0.0162. The van der Waals surface area contributed by atoms with E-state index >= 15 is 0 Å². The Morgan fingerprint density at radius 2 is 2.15 bits per heavy atom. The standard InChI is InChI=1S/C23H25BClFN6O7S/c1-11(28-14-10-12-4-3-5-13(21(35)36)17(12)39-24(14)38-2)15(16-18(25)40-22(27)29-16)30-23(37)32-9-8-31(7-6-26)19(33)20(32)34/h3-5,14-15,28H,1,6-10H2,2H3,(H2,27,29)(H,30,37)(H,35,36). The number of carboxylic acids is 1. The van der Waals surface area contributed by atoms with E-state index in [1.807, 2.05) is 0 Å². The number of benzene rings is 1. The molecule has 4 amide bonds. The lowest BCUT2D eigenvalue weighted by Crippen LogP contribution is -2.59. The van der Waals surface area contributed by atoms with Crippen LogP contribution in [0.1, 0.15) is 27.7 Å². The highest BCUT2D eigenvalue weighted by atomic mass is 35.5. The fourth-order valence-electron chi connectivity index (χ4n) is 4.45. The van der Waals surface area contributed by atoms with E-state index in [1.165, 1.54) is 13.2 Å². The van der Waals surface area contributed by atoms with Crippen LogP contribution in [0.5, 0.6) is 5.75 Å². The number of halogens is 2. The average molecular weight is 595 g/mol. The highest BCUT2D eigenvalue weighted by Gasteiger charge is 2.41. The molecule has 2 unspecified atom stereocenters. The second kappa shape index (κ2) is 12.1.